The fraction of sp³-hybridized carbons (Fsp3) is 0.0769. The van der Waals surface area contributed by atoms with Crippen LogP contribution < -0.4 is 10.5 Å². The molecular weight excluding hydrogens is 276 g/mol. The molecule has 102 valence electrons. The van der Waals surface area contributed by atoms with E-state index < -0.39 is 10.0 Å². The number of anilines is 1. The van der Waals surface area contributed by atoms with Crippen molar-refractivity contribution in [3.63, 3.8) is 0 Å². The van der Waals surface area contributed by atoms with Crippen LogP contribution in [0.15, 0.2) is 47.9 Å². The molecule has 0 saturated carbocycles. The average molecular weight is 288 g/mol. The van der Waals surface area contributed by atoms with E-state index in [2.05, 4.69) is 26.5 Å². The molecule has 0 radical (unpaired) electrons. The Morgan fingerprint density at radius 1 is 1.25 bits per heavy atom. The number of nitrogens with two attached hydrogens (primary N) is 1. The molecule has 0 spiro atoms. The van der Waals surface area contributed by atoms with E-state index >= 15 is 0 Å². The summed E-state index contributed by atoms with van der Waals surface area (Å²) in [7, 11) is -3.69. The van der Waals surface area contributed by atoms with E-state index in [4.69, 9.17) is 5.73 Å². The Balaban J connectivity index is 2.30. The highest BCUT2D eigenvalue weighted by Crippen LogP contribution is 2.15. The Bertz CT molecular complexity index is 749. The molecule has 0 amide bonds. The smallest absolute Gasteiger partial charge is 0.262 e. The summed E-state index contributed by atoms with van der Waals surface area (Å²) in [6.07, 6.45) is 4.08. The summed E-state index contributed by atoms with van der Waals surface area (Å²) in [5, 5.41) is 0. The fourth-order valence-electron chi connectivity index (χ4n) is 1.46. The van der Waals surface area contributed by atoms with Crippen LogP contribution in [-0.4, -0.2) is 24.9 Å². The molecule has 0 aliphatic rings. The van der Waals surface area contributed by atoms with Gasteiger partial charge in [0.25, 0.3) is 10.0 Å². The fourth-order valence-corrected chi connectivity index (χ4v) is 2.53. The lowest BCUT2D eigenvalue weighted by Crippen LogP contribution is -2.13. The number of hydrogen-bond donors (Lipinski definition) is 2. The molecule has 0 aliphatic carbocycles. The van der Waals surface area contributed by atoms with E-state index in [0.717, 1.165) is 0 Å². The maximum absolute atomic E-state index is 12.2. The van der Waals surface area contributed by atoms with Crippen LogP contribution in [0.3, 0.4) is 0 Å². The number of nitrogens with one attached hydrogen (secondary N) is 1. The zero-order valence-electron chi connectivity index (χ0n) is 10.4. The topological polar surface area (TPSA) is 98.0 Å². The molecule has 0 atom stereocenters. The van der Waals surface area contributed by atoms with Gasteiger partial charge in [-0.25, -0.2) is 18.4 Å². The monoisotopic (exact) mass is 288 g/mol. The lowest BCUT2D eigenvalue weighted by molar-refractivity contribution is 0.601. The minimum absolute atomic E-state index is 0.116. The summed E-state index contributed by atoms with van der Waals surface area (Å²) < 4.78 is 26.8. The van der Waals surface area contributed by atoms with Crippen LogP contribution in [0.4, 0.5) is 5.69 Å². The van der Waals surface area contributed by atoms with Crippen molar-refractivity contribution >= 4 is 15.7 Å². The number of aromatic nitrogens is 2. The predicted octanol–water partition coefficient (Wildman–Crippen LogP) is 0.588. The Hall–Kier alpha value is -2.43. The minimum Gasteiger partial charge on any atom is -0.320 e. The van der Waals surface area contributed by atoms with Gasteiger partial charge in [-0.3, -0.25) is 4.72 Å². The Kier molecular flexibility index (Phi) is 4.30. The van der Waals surface area contributed by atoms with Crippen LogP contribution in [0.2, 0.25) is 0 Å². The van der Waals surface area contributed by atoms with Crippen molar-refractivity contribution in [3.05, 3.63) is 48.5 Å². The van der Waals surface area contributed by atoms with Crippen LogP contribution in [0.1, 0.15) is 5.56 Å². The van der Waals surface area contributed by atoms with Crippen LogP contribution in [-0.2, 0) is 10.0 Å². The summed E-state index contributed by atoms with van der Waals surface area (Å²) in [5.41, 5.74) is 6.17. The van der Waals surface area contributed by atoms with Gasteiger partial charge in [0.05, 0.1) is 29.5 Å². The van der Waals surface area contributed by atoms with E-state index in [1.165, 1.54) is 30.9 Å². The molecule has 20 heavy (non-hydrogen) atoms. The molecule has 0 saturated heterocycles. The second kappa shape index (κ2) is 6.14. The van der Waals surface area contributed by atoms with Crippen molar-refractivity contribution in [2.75, 3.05) is 11.3 Å². The number of benzene rings is 1. The van der Waals surface area contributed by atoms with Gasteiger partial charge in [-0.1, -0.05) is 17.9 Å². The van der Waals surface area contributed by atoms with Gasteiger partial charge in [0, 0.05) is 5.56 Å². The minimum atomic E-state index is -3.69. The number of rotatable bonds is 3. The summed E-state index contributed by atoms with van der Waals surface area (Å²) in [5.74, 6) is 5.46. The van der Waals surface area contributed by atoms with E-state index in [1.807, 2.05) is 0 Å². The SMILES string of the molecule is NCC#Cc1cccc(S(=O)(=O)Nc2cncnc2)c1. The predicted molar refractivity (Wildman–Crippen MR) is 75.2 cm³/mol. The molecule has 2 rings (SSSR count). The lowest BCUT2D eigenvalue weighted by Gasteiger charge is -2.07. The molecule has 2 aromatic rings. The molecule has 0 unspecified atom stereocenters. The first kappa shape index (κ1) is 14.0. The molecule has 0 fully saturated rings. The molecule has 1 aromatic carbocycles. The van der Waals surface area contributed by atoms with Gasteiger partial charge in [0.2, 0.25) is 0 Å². The van der Waals surface area contributed by atoms with Crippen LogP contribution in [0.25, 0.3) is 0 Å². The van der Waals surface area contributed by atoms with Crippen molar-refractivity contribution in [2.45, 2.75) is 4.90 Å². The first-order chi connectivity index (χ1) is 9.62. The van der Waals surface area contributed by atoms with Crippen molar-refractivity contribution < 1.29 is 8.42 Å². The van der Waals surface area contributed by atoms with Crippen molar-refractivity contribution in [1.29, 1.82) is 0 Å². The molecule has 3 N–H and O–H groups in total. The van der Waals surface area contributed by atoms with Gasteiger partial charge < -0.3 is 5.73 Å². The van der Waals surface area contributed by atoms with Gasteiger partial charge in [0.15, 0.2) is 0 Å². The van der Waals surface area contributed by atoms with Gasteiger partial charge in [-0.05, 0) is 18.2 Å². The standard InChI is InChI=1S/C13H12N4O2S/c14-6-2-4-11-3-1-5-13(7-11)20(18,19)17-12-8-15-10-16-9-12/h1,3,5,7-10,17H,6,14H2. The van der Waals surface area contributed by atoms with Crippen molar-refractivity contribution in [1.82, 2.24) is 9.97 Å². The first-order valence-electron chi connectivity index (χ1n) is 5.68. The zero-order valence-corrected chi connectivity index (χ0v) is 11.3. The number of hydrogen-bond acceptors (Lipinski definition) is 5. The van der Waals surface area contributed by atoms with Crippen molar-refractivity contribution in [3.8, 4) is 11.8 Å². The second-order valence-corrected chi connectivity index (χ2v) is 5.45. The maximum Gasteiger partial charge on any atom is 0.262 e. The maximum atomic E-state index is 12.2. The highest BCUT2D eigenvalue weighted by molar-refractivity contribution is 7.92. The van der Waals surface area contributed by atoms with Crippen LogP contribution in [0.5, 0.6) is 0 Å². The zero-order chi connectivity index (χ0) is 14.4. The van der Waals surface area contributed by atoms with Crippen LogP contribution >= 0.6 is 0 Å². The normalized spacial score (nSPS) is 10.4. The Morgan fingerprint density at radius 2 is 2.00 bits per heavy atom. The second-order valence-electron chi connectivity index (χ2n) is 3.77. The van der Waals surface area contributed by atoms with E-state index in [0.29, 0.717) is 11.3 Å². The van der Waals surface area contributed by atoms with Gasteiger partial charge in [0.1, 0.15) is 6.33 Å². The summed E-state index contributed by atoms with van der Waals surface area (Å²) in [6, 6.07) is 6.30. The summed E-state index contributed by atoms with van der Waals surface area (Å²) in [4.78, 5) is 7.61. The number of nitrogens with zero attached hydrogens (tertiary/aromatic N) is 2. The Labute approximate surface area is 117 Å². The Morgan fingerprint density at radius 3 is 2.70 bits per heavy atom. The van der Waals surface area contributed by atoms with Gasteiger partial charge in [-0.15, -0.1) is 0 Å². The molecule has 1 heterocycles. The molecular formula is C13H12N4O2S. The summed E-state index contributed by atoms with van der Waals surface area (Å²) in [6.45, 7) is 0.219. The third-order valence-corrected chi connectivity index (χ3v) is 3.67. The van der Waals surface area contributed by atoms with E-state index in [1.54, 1.807) is 12.1 Å². The van der Waals surface area contributed by atoms with E-state index in [-0.39, 0.29) is 11.4 Å². The van der Waals surface area contributed by atoms with Gasteiger partial charge in [-0.2, -0.15) is 0 Å². The molecule has 0 bridgehead atoms. The van der Waals surface area contributed by atoms with Gasteiger partial charge >= 0.3 is 0 Å². The summed E-state index contributed by atoms with van der Waals surface area (Å²) >= 11 is 0. The third-order valence-electron chi connectivity index (χ3n) is 2.29. The van der Waals surface area contributed by atoms with E-state index in [9.17, 15) is 8.42 Å². The van der Waals surface area contributed by atoms with Crippen LogP contribution in [0, 0.1) is 11.8 Å². The highest BCUT2D eigenvalue weighted by atomic mass is 32.2. The highest BCUT2D eigenvalue weighted by Gasteiger charge is 2.14. The molecule has 0 aliphatic heterocycles. The lowest BCUT2D eigenvalue weighted by atomic mass is 10.2. The number of sulfonamides is 1. The quantitative estimate of drug-likeness (QED) is 0.805. The largest absolute Gasteiger partial charge is 0.320 e. The molecule has 1 aromatic heterocycles. The molecule has 7 heteroatoms. The first-order valence-corrected chi connectivity index (χ1v) is 7.17. The average Bonchev–Trinajstić information content (AvgIpc) is 2.46. The molecule has 6 nitrogen and oxygen atoms in total. The third kappa shape index (κ3) is 3.54. The van der Waals surface area contributed by atoms with Crippen molar-refractivity contribution in [2.24, 2.45) is 5.73 Å².